The Hall–Kier alpha value is -1.89. The molecule has 10 nitrogen and oxygen atoms in total. The predicted octanol–water partition coefficient (Wildman–Crippen LogP) is 0.103. The van der Waals surface area contributed by atoms with E-state index in [4.69, 9.17) is 9.47 Å². The Labute approximate surface area is 182 Å². The predicted molar refractivity (Wildman–Crippen MR) is 112 cm³/mol. The van der Waals surface area contributed by atoms with Gasteiger partial charge in [-0.1, -0.05) is 0 Å². The summed E-state index contributed by atoms with van der Waals surface area (Å²) in [5, 5.41) is 2.97. The maximum absolute atomic E-state index is 13.4. The Morgan fingerprint density at radius 3 is 2.48 bits per heavy atom. The first-order valence-electron chi connectivity index (χ1n) is 10.2. The molecule has 0 aliphatic carbocycles. The molecule has 2 fully saturated rings. The third kappa shape index (κ3) is 4.26. The lowest BCUT2D eigenvalue weighted by atomic mass is 10.1. The molecule has 31 heavy (non-hydrogen) atoms. The first-order chi connectivity index (χ1) is 14.6. The molecule has 1 aromatic rings. The quantitative estimate of drug-likeness (QED) is 0.554. The van der Waals surface area contributed by atoms with E-state index in [1.54, 1.807) is 25.2 Å². The average Bonchev–Trinajstić information content (AvgIpc) is 3.34. The molecular formula is C19H27N3O7S2. The van der Waals surface area contributed by atoms with Crippen molar-refractivity contribution in [3.63, 3.8) is 0 Å². The van der Waals surface area contributed by atoms with E-state index in [1.165, 1.54) is 21.4 Å². The number of hydrogen-bond acceptors (Lipinski definition) is 8. The Bertz CT molecular complexity index is 1070. The van der Waals surface area contributed by atoms with Gasteiger partial charge >= 0.3 is 0 Å². The molecule has 0 N–H and O–H groups in total. The lowest BCUT2D eigenvalue weighted by molar-refractivity contribution is -0.152. The van der Waals surface area contributed by atoms with Gasteiger partial charge in [-0.3, -0.25) is 9.80 Å². The number of ether oxygens (including phenoxy) is 2. The molecule has 0 bridgehead atoms. The molecule has 0 unspecified atom stereocenters. The average molecular weight is 474 g/mol. The van der Waals surface area contributed by atoms with Gasteiger partial charge in [0.15, 0.2) is 21.3 Å². The highest BCUT2D eigenvalue weighted by atomic mass is 32.2. The van der Waals surface area contributed by atoms with Crippen molar-refractivity contribution in [3.05, 3.63) is 18.2 Å². The fraction of sp³-hybridized carbons (Fsp3) is 0.632. The van der Waals surface area contributed by atoms with Crippen LogP contribution in [0.4, 0.5) is 0 Å². The second kappa shape index (κ2) is 8.23. The number of benzene rings is 1. The van der Waals surface area contributed by atoms with E-state index < -0.39 is 37.9 Å². The standard InChI is InChI=1S/C19H27N3O7S2/c1-20(2)22(14-7-11-30(24,25)13-14)19(23)16-4-3-8-21(16)31(26,27)15-5-6-17-18(12-15)29-10-9-28-17/h5-6,12,14,16H,3-4,7-11,13H2,1-2H3/t14-,16+/m0/s1. The Morgan fingerprint density at radius 2 is 1.84 bits per heavy atom. The summed E-state index contributed by atoms with van der Waals surface area (Å²) in [6.07, 6.45) is 1.27. The van der Waals surface area contributed by atoms with Gasteiger partial charge in [0.05, 0.1) is 22.4 Å². The van der Waals surface area contributed by atoms with Crippen molar-refractivity contribution in [2.24, 2.45) is 0 Å². The van der Waals surface area contributed by atoms with Crippen LogP contribution in [0, 0.1) is 0 Å². The summed E-state index contributed by atoms with van der Waals surface area (Å²) in [5.41, 5.74) is 0. The minimum atomic E-state index is -3.96. The molecule has 0 saturated carbocycles. The summed E-state index contributed by atoms with van der Waals surface area (Å²) in [6.45, 7) is 0.958. The molecular weight excluding hydrogens is 446 g/mol. The van der Waals surface area contributed by atoms with Gasteiger partial charge in [-0.2, -0.15) is 4.31 Å². The van der Waals surface area contributed by atoms with E-state index >= 15 is 0 Å². The number of rotatable bonds is 5. The highest BCUT2D eigenvalue weighted by Gasteiger charge is 2.45. The molecule has 12 heteroatoms. The minimum Gasteiger partial charge on any atom is -0.486 e. The summed E-state index contributed by atoms with van der Waals surface area (Å²) in [6, 6.07) is 3.06. The molecule has 4 rings (SSSR count). The van der Waals surface area contributed by atoms with Gasteiger partial charge in [-0.25, -0.2) is 21.8 Å². The number of amides is 1. The van der Waals surface area contributed by atoms with Gasteiger partial charge in [0, 0.05) is 26.7 Å². The van der Waals surface area contributed by atoms with E-state index in [-0.39, 0.29) is 22.9 Å². The van der Waals surface area contributed by atoms with Crippen molar-refractivity contribution in [2.45, 2.75) is 36.2 Å². The second-order valence-electron chi connectivity index (χ2n) is 8.17. The largest absolute Gasteiger partial charge is 0.486 e. The molecule has 172 valence electrons. The van der Waals surface area contributed by atoms with Crippen LogP contribution in [0.5, 0.6) is 11.5 Å². The second-order valence-corrected chi connectivity index (χ2v) is 12.3. The summed E-state index contributed by atoms with van der Waals surface area (Å²) in [7, 11) is -3.83. The van der Waals surface area contributed by atoms with Crippen LogP contribution < -0.4 is 9.47 Å². The van der Waals surface area contributed by atoms with Crippen LogP contribution in [0.15, 0.2) is 23.1 Å². The topological polar surface area (TPSA) is 114 Å². The van der Waals surface area contributed by atoms with Crippen LogP contribution in [0.25, 0.3) is 0 Å². The zero-order valence-corrected chi connectivity index (χ0v) is 19.2. The van der Waals surface area contributed by atoms with Crippen molar-refractivity contribution in [1.82, 2.24) is 14.3 Å². The zero-order valence-electron chi connectivity index (χ0n) is 17.6. The van der Waals surface area contributed by atoms with E-state index in [1.807, 2.05) is 0 Å². The summed E-state index contributed by atoms with van der Waals surface area (Å²) < 4.78 is 62.9. The smallest absolute Gasteiger partial charge is 0.255 e. The van der Waals surface area contributed by atoms with E-state index in [0.29, 0.717) is 44.0 Å². The third-order valence-electron chi connectivity index (χ3n) is 5.82. The molecule has 1 amide bonds. The lowest BCUT2D eigenvalue weighted by Gasteiger charge is -2.37. The van der Waals surface area contributed by atoms with Crippen molar-refractivity contribution < 1.29 is 31.1 Å². The number of sulfone groups is 1. The number of carbonyl (C=O) groups is 1. The van der Waals surface area contributed by atoms with Crippen molar-refractivity contribution in [3.8, 4) is 11.5 Å². The fourth-order valence-corrected chi connectivity index (χ4v) is 7.78. The first kappa shape index (κ1) is 22.3. The van der Waals surface area contributed by atoms with Crippen LogP contribution in [0.1, 0.15) is 19.3 Å². The van der Waals surface area contributed by atoms with Gasteiger partial charge in [-0.05, 0) is 31.4 Å². The molecule has 0 aromatic heterocycles. The maximum atomic E-state index is 13.4. The molecule has 3 heterocycles. The third-order valence-corrected chi connectivity index (χ3v) is 9.47. The van der Waals surface area contributed by atoms with Crippen LogP contribution >= 0.6 is 0 Å². The highest BCUT2D eigenvalue weighted by molar-refractivity contribution is 7.91. The number of carbonyl (C=O) groups excluding carboxylic acids is 1. The van der Waals surface area contributed by atoms with Gasteiger partial charge in [-0.15, -0.1) is 0 Å². The molecule has 2 saturated heterocycles. The van der Waals surface area contributed by atoms with Crippen LogP contribution in [-0.4, -0.2) is 94.5 Å². The Kier molecular flexibility index (Phi) is 5.92. The van der Waals surface area contributed by atoms with Crippen LogP contribution in [-0.2, 0) is 24.7 Å². The number of nitrogens with zero attached hydrogens (tertiary/aromatic N) is 3. The summed E-state index contributed by atoms with van der Waals surface area (Å²) >= 11 is 0. The normalized spacial score (nSPS) is 25.6. The number of sulfonamides is 1. The van der Waals surface area contributed by atoms with Gasteiger partial charge in [0.25, 0.3) is 5.91 Å². The molecule has 0 spiro atoms. The number of fused-ring (bicyclic) bond motifs is 1. The van der Waals surface area contributed by atoms with E-state index in [2.05, 4.69) is 0 Å². The molecule has 3 aliphatic heterocycles. The Balaban J connectivity index is 1.61. The molecule has 3 aliphatic rings. The van der Waals surface area contributed by atoms with Gasteiger partial charge in [0.1, 0.15) is 19.3 Å². The van der Waals surface area contributed by atoms with Crippen LogP contribution in [0.3, 0.4) is 0 Å². The summed E-state index contributed by atoms with van der Waals surface area (Å²) in [5.74, 6) is 0.365. The monoisotopic (exact) mass is 473 g/mol. The van der Waals surface area contributed by atoms with Gasteiger partial charge < -0.3 is 9.47 Å². The zero-order chi connectivity index (χ0) is 22.4. The molecule has 1 aromatic carbocycles. The maximum Gasteiger partial charge on any atom is 0.255 e. The van der Waals surface area contributed by atoms with E-state index in [0.717, 1.165) is 0 Å². The summed E-state index contributed by atoms with van der Waals surface area (Å²) in [4.78, 5) is 13.5. The van der Waals surface area contributed by atoms with Crippen LogP contribution in [0.2, 0.25) is 0 Å². The highest BCUT2D eigenvalue weighted by Crippen LogP contribution is 2.35. The van der Waals surface area contributed by atoms with Gasteiger partial charge in [0.2, 0.25) is 10.0 Å². The lowest BCUT2D eigenvalue weighted by Crippen LogP contribution is -2.56. The van der Waals surface area contributed by atoms with E-state index in [9.17, 15) is 21.6 Å². The Morgan fingerprint density at radius 1 is 1.13 bits per heavy atom. The molecule has 0 radical (unpaired) electrons. The number of hydrogen-bond donors (Lipinski definition) is 0. The number of hydrazine groups is 1. The fourth-order valence-electron chi connectivity index (χ4n) is 4.42. The van der Waals surface area contributed by atoms with Crippen molar-refractivity contribution in [1.29, 1.82) is 0 Å². The first-order valence-corrected chi connectivity index (χ1v) is 13.5. The van der Waals surface area contributed by atoms with Crippen molar-refractivity contribution in [2.75, 3.05) is 45.4 Å². The SMILES string of the molecule is CN(C)N(C(=O)[C@H]1CCCN1S(=O)(=O)c1ccc2c(c1)OCCO2)[C@H]1CCS(=O)(=O)C1. The molecule has 2 atom stereocenters. The minimum absolute atomic E-state index is 0.0269. The van der Waals surface area contributed by atoms with Crippen molar-refractivity contribution >= 4 is 25.8 Å².